The minimum atomic E-state index is 0.0619. The lowest BCUT2D eigenvalue weighted by Crippen LogP contribution is -2.23. The predicted molar refractivity (Wildman–Crippen MR) is 56.8 cm³/mol. The van der Waals surface area contributed by atoms with Crippen LogP contribution in [0.1, 0.15) is 35.3 Å². The van der Waals surface area contributed by atoms with E-state index < -0.39 is 0 Å². The number of ketones is 1. The van der Waals surface area contributed by atoms with Crippen LogP contribution in [0, 0.1) is 0 Å². The fourth-order valence-corrected chi connectivity index (χ4v) is 2.62. The van der Waals surface area contributed by atoms with Crippen LogP contribution in [0.2, 0.25) is 0 Å². The maximum absolute atomic E-state index is 11.0. The molecule has 1 aliphatic heterocycles. The Bertz CT molecular complexity index is 329. The van der Waals surface area contributed by atoms with Crippen LogP contribution in [0.25, 0.3) is 0 Å². The van der Waals surface area contributed by atoms with Crippen LogP contribution in [0.4, 0.5) is 0 Å². The van der Waals surface area contributed by atoms with Crippen molar-refractivity contribution in [3.63, 3.8) is 0 Å². The lowest BCUT2D eigenvalue weighted by Gasteiger charge is -2.05. The molecule has 0 saturated carbocycles. The van der Waals surface area contributed by atoms with Gasteiger partial charge in [0.1, 0.15) is 5.69 Å². The maximum Gasteiger partial charge on any atom is 0.178 e. The van der Waals surface area contributed by atoms with Crippen molar-refractivity contribution in [3.8, 4) is 0 Å². The van der Waals surface area contributed by atoms with Crippen molar-refractivity contribution >= 4 is 17.1 Å². The smallest absolute Gasteiger partial charge is 0.178 e. The van der Waals surface area contributed by atoms with Gasteiger partial charge in [0, 0.05) is 24.8 Å². The number of Topliss-reactive ketones (excluding diaryl/α,β-unsaturated/α-hetero) is 1. The summed E-state index contributed by atoms with van der Waals surface area (Å²) in [6.07, 6.45) is 3.46. The number of aromatic nitrogens is 1. The van der Waals surface area contributed by atoms with Crippen LogP contribution in [0.15, 0.2) is 5.38 Å². The van der Waals surface area contributed by atoms with Crippen molar-refractivity contribution in [1.82, 2.24) is 10.3 Å². The van der Waals surface area contributed by atoms with Crippen LogP contribution < -0.4 is 5.32 Å². The highest BCUT2D eigenvalue weighted by Gasteiger charge is 2.16. The minimum Gasteiger partial charge on any atom is -0.314 e. The van der Waals surface area contributed by atoms with Gasteiger partial charge in [-0.15, -0.1) is 11.3 Å². The molecule has 0 spiro atoms. The molecule has 1 atom stereocenters. The molecule has 3 nitrogen and oxygen atoms in total. The Morgan fingerprint density at radius 3 is 3.21 bits per heavy atom. The van der Waals surface area contributed by atoms with E-state index in [4.69, 9.17) is 0 Å². The fourth-order valence-electron chi connectivity index (χ4n) is 1.71. The Hall–Kier alpha value is -0.740. The molecule has 14 heavy (non-hydrogen) atoms. The largest absolute Gasteiger partial charge is 0.314 e. The van der Waals surface area contributed by atoms with Gasteiger partial charge in [-0.25, -0.2) is 4.98 Å². The van der Waals surface area contributed by atoms with Crippen molar-refractivity contribution in [3.05, 3.63) is 16.1 Å². The lowest BCUT2D eigenvalue weighted by atomic mass is 10.2. The Kier molecular flexibility index (Phi) is 2.93. The monoisotopic (exact) mass is 210 g/mol. The van der Waals surface area contributed by atoms with Crippen molar-refractivity contribution in [2.75, 3.05) is 6.54 Å². The summed E-state index contributed by atoms with van der Waals surface area (Å²) in [7, 11) is 0. The minimum absolute atomic E-state index is 0.0619. The first-order chi connectivity index (χ1) is 6.75. The van der Waals surface area contributed by atoms with E-state index in [2.05, 4.69) is 10.3 Å². The summed E-state index contributed by atoms with van der Waals surface area (Å²) < 4.78 is 0. The zero-order chi connectivity index (χ0) is 9.97. The van der Waals surface area contributed by atoms with E-state index in [1.165, 1.54) is 12.8 Å². The van der Waals surface area contributed by atoms with E-state index >= 15 is 0 Å². The summed E-state index contributed by atoms with van der Waals surface area (Å²) in [5.74, 6) is 0.0619. The molecule has 1 N–H and O–H groups in total. The van der Waals surface area contributed by atoms with Gasteiger partial charge in [0.2, 0.25) is 0 Å². The van der Waals surface area contributed by atoms with Gasteiger partial charge in [0.15, 0.2) is 5.78 Å². The summed E-state index contributed by atoms with van der Waals surface area (Å²) in [6, 6.07) is 0.570. The quantitative estimate of drug-likeness (QED) is 0.771. The van der Waals surface area contributed by atoms with Crippen LogP contribution >= 0.6 is 11.3 Å². The molecule has 2 rings (SSSR count). The number of hydrogen-bond donors (Lipinski definition) is 1. The molecule has 1 aromatic heterocycles. The highest BCUT2D eigenvalue weighted by molar-refractivity contribution is 7.09. The van der Waals surface area contributed by atoms with E-state index in [0.717, 1.165) is 18.0 Å². The summed E-state index contributed by atoms with van der Waals surface area (Å²) in [6.45, 7) is 2.68. The number of thiazole rings is 1. The normalized spacial score (nSPS) is 21.4. The SMILES string of the molecule is CC(=O)c1csc(CC2CCCN2)n1. The molecule has 0 amide bonds. The zero-order valence-corrected chi connectivity index (χ0v) is 9.06. The topological polar surface area (TPSA) is 42.0 Å². The first-order valence-corrected chi connectivity index (χ1v) is 5.82. The third-order valence-electron chi connectivity index (χ3n) is 2.50. The molecule has 0 radical (unpaired) electrons. The number of carbonyl (C=O) groups is 1. The van der Waals surface area contributed by atoms with Crippen LogP contribution in [-0.2, 0) is 6.42 Å². The third-order valence-corrected chi connectivity index (χ3v) is 3.37. The molecular weight excluding hydrogens is 196 g/mol. The van der Waals surface area contributed by atoms with Crippen molar-refractivity contribution in [1.29, 1.82) is 0 Å². The van der Waals surface area contributed by atoms with Crippen molar-refractivity contribution in [2.24, 2.45) is 0 Å². The molecule has 1 aliphatic rings. The predicted octanol–water partition coefficient (Wildman–Crippen LogP) is 1.64. The van der Waals surface area contributed by atoms with Crippen molar-refractivity contribution < 1.29 is 4.79 Å². The Balaban J connectivity index is 1.98. The second-order valence-corrected chi connectivity index (χ2v) is 4.62. The summed E-state index contributed by atoms with van der Waals surface area (Å²) in [4.78, 5) is 15.3. The molecule has 4 heteroatoms. The lowest BCUT2D eigenvalue weighted by molar-refractivity contribution is 0.101. The van der Waals surface area contributed by atoms with Gasteiger partial charge in [0.25, 0.3) is 0 Å². The number of carbonyl (C=O) groups excluding carboxylic acids is 1. The summed E-state index contributed by atoms with van der Waals surface area (Å²) in [5, 5.41) is 6.36. The Morgan fingerprint density at radius 2 is 2.64 bits per heavy atom. The fraction of sp³-hybridized carbons (Fsp3) is 0.600. The zero-order valence-electron chi connectivity index (χ0n) is 8.25. The van der Waals surface area contributed by atoms with Crippen LogP contribution in [0.3, 0.4) is 0 Å². The first-order valence-electron chi connectivity index (χ1n) is 4.94. The number of hydrogen-bond acceptors (Lipinski definition) is 4. The highest BCUT2D eigenvalue weighted by atomic mass is 32.1. The molecule has 1 unspecified atom stereocenters. The summed E-state index contributed by atoms with van der Waals surface area (Å²) >= 11 is 1.59. The van der Waals surface area contributed by atoms with Gasteiger partial charge >= 0.3 is 0 Å². The van der Waals surface area contributed by atoms with E-state index in [1.54, 1.807) is 18.3 Å². The van der Waals surface area contributed by atoms with Gasteiger partial charge in [-0.05, 0) is 19.4 Å². The number of rotatable bonds is 3. The third kappa shape index (κ3) is 2.19. The van der Waals surface area contributed by atoms with Gasteiger partial charge in [-0.2, -0.15) is 0 Å². The summed E-state index contributed by atoms with van der Waals surface area (Å²) in [5.41, 5.74) is 0.614. The van der Waals surface area contributed by atoms with E-state index in [1.807, 2.05) is 5.38 Å². The molecule has 0 aliphatic carbocycles. The number of nitrogens with zero attached hydrogens (tertiary/aromatic N) is 1. The van der Waals surface area contributed by atoms with E-state index in [-0.39, 0.29) is 5.78 Å². The van der Waals surface area contributed by atoms with Crippen LogP contribution in [-0.4, -0.2) is 23.4 Å². The standard InChI is InChI=1S/C10H14N2OS/c1-7(13)9-6-14-10(12-9)5-8-3-2-4-11-8/h6,8,11H,2-5H2,1H3. The number of nitrogens with one attached hydrogen (secondary N) is 1. The molecule has 2 heterocycles. The molecular formula is C10H14N2OS. The Labute approximate surface area is 87.6 Å². The average Bonchev–Trinajstić information content (AvgIpc) is 2.75. The molecule has 1 saturated heterocycles. The molecule has 0 aromatic carbocycles. The first kappa shape index (κ1) is 9.80. The van der Waals surface area contributed by atoms with Gasteiger partial charge in [0.05, 0.1) is 5.01 Å². The average molecular weight is 210 g/mol. The van der Waals surface area contributed by atoms with Gasteiger partial charge in [-0.1, -0.05) is 0 Å². The van der Waals surface area contributed by atoms with Gasteiger partial charge in [-0.3, -0.25) is 4.79 Å². The molecule has 0 bridgehead atoms. The maximum atomic E-state index is 11.0. The Morgan fingerprint density at radius 1 is 1.79 bits per heavy atom. The second-order valence-electron chi connectivity index (χ2n) is 3.68. The highest BCUT2D eigenvalue weighted by Crippen LogP contribution is 2.16. The second kappa shape index (κ2) is 4.19. The molecule has 76 valence electrons. The van der Waals surface area contributed by atoms with Gasteiger partial charge < -0.3 is 5.32 Å². The van der Waals surface area contributed by atoms with Crippen LogP contribution in [0.5, 0.6) is 0 Å². The molecule has 1 aromatic rings. The van der Waals surface area contributed by atoms with E-state index in [9.17, 15) is 4.79 Å². The van der Waals surface area contributed by atoms with Crippen molar-refractivity contribution in [2.45, 2.75) is 32.2 Å². The van der Waals surface area contributed by atoms with E-state index in [0.29, 0.717) is 11.7 Å². The molecule has 1 fully saturated rings.